The number of halogens is 3. The molecule has 25 heavy (non-hydrogen) atoms. The highest BCUT2D eigenvalue weighted by atomic mass is 35.5. The third-order valence-electron chi connectivity index (χ3n) is 3.30. The fourth-order valence-electron chi connectivity index (χ4n) is 2.18. The Morgan fingerprint density at radius 2 is 1.88 bits per heavy atom. The van der Waals surface area contributed by atoms with Crippen LogP contribution in [0.1, 0.15) is 11.1 Å². The molecule has 0 fully saturated rings. The van der Waals surface area contributed by atoms with E-state index in [0.717, 1.165) is 0 Å². The van der Waals surface area contributed by atoms with E-state index in [0.29, 0.717) is 26.9 Å². The number of nitrogens with zero attached hydrogens (tertiary/aromatic N) is 3. The molecule has 1 amide bonds. The van der Waals surface area contributed by atoms with Crippen LogP contribution in [0.2, 0.25) is 15.1 Å². The first-order chi connectivity index (χ1) is 11.9. The molecule has 1 heterocycles. The van der Waals surface area contributed by atoms with Crippen molar-refractivity contribution in [3.63, 3.8) is 0 Å². The van der Waals surface area contributed by atoms with E-state index in [-0.39, 0.29) is 16.4 Å². The number of nitrogens with one attached hydrogen (secondary N) is 1. The van der Waals surface area contributed by atoms with Gasteiger partial charge in [0.05, 0.1) is 21.8 Å². The molecule has 10 heteroatoms. The lowest BCUT2D eigenvalue weighted by molar-refractivity contribution is -0.384. The quantitative estimate of drug-likeness (QED) is 0.474. The Bertz CT molecular complexity index is 973. The second-order valence-corrected chi connectivity index (χ2v) is 6.18. The summed E-state index contributed by atoms with van der Waals surface area (Å²) >= 11 is 17.7. The van der Waals surface area contributed by atoms with Crippen LogP contribution in [-0.4, -0.2) is 22.8 Å². The maximum Gasteiger partial charge on any atom is 0.288 e. The van der Waals surface area contributed by atoms with Crippen molar-refractivity contribution in [2.75, 3.05) is 5.32 Å². The highest BCUT2D eigenvalue weighted by molar-refractivity contribution is 6.56. The molecule has 1 N–H and O–H groups in total. The zero-order chi connectivity index (χ0) is 18.1. The zero-order valence-electron chi connectivity index (χ0n) is 12.2. The Morgan fingerprint density at radius 1 is 1.12 bits per heavy atom. The number of nitro groups is 1. The minimum atomic E-state index is -0.601. The third kappa shape index (κ3) is 3.48. The predicted molar refractivity (Wildman–Crippen MR) is 97.3 cm³/mol. The van der Waals surface area contributed by atoms with Crippen LogP contribution < -0.4 is 5.32 Å². The average Bonchev–Trinajstić information content (AvgIpc) is 2.85. The minimum absolute atomic E-state index is 0.0156. The smallest absolute Gasteiger partial charge is 0.288 e. The van der Waals surface area contributed by atoms with Gasteiger partial charge in [0, 0.05) is 22.2 Å². The van der Waals surface area contributed by atoms with Crippen molar-refractivity contribution in [3.05, 3.63) is 66.6 Å². The van der Waals surface area contributed by atoms with Gasteiger partial charge in [-0.3, -0.25) is 14.9 Å². The molecule has 3 rings (SSSR count). The van der Waals surface area contributed by atoms with Gasteiger partial charge in [0.1, 0.15) is 5.02 Å². The molecular formula is C15H7Cl3N4O3. The van der Waals surface area contributed by atoms with Gasteiger partial charge in [-0.05, 0) is 18.2 Å². The number of anilines is 1. The lowest BCUT2D eigenvalue weighted by Gasteiger charge is -2.00. The van der Waals surface area contributed by atoms with E-state index < -0.39 is 10.8 Å². The molecule has 0 radical (unpaired) electrons. The summed E-state index contributed by atoms with van der Waals surface area (Å²) in [5, 5.41) is 21.8. The first kappa shape index (κ1) is 17.3. The van der Waals surface area contributed by atoms with E-state index in [9.17, 15) is 14.9 Å². The molecular weight excluding hydrogens is 391 g/mol. The van der Waals surface area contributed by atoms with Gasteiger partial charge >= 0.3 is 0 Å². The van der Waals surface area contributed by atoms with Crippen molar-refractivity contribution in [3.8, 4) is 0 Å². The topological polar surface area (TPSA) is 97.0 Å². The number of nitro benzene ring substituents is 1. The summed E-state index contributed by atoms with van der Waals surface area (Å²) < 4.78 is 0. The van der Waals surface area contributed by atoms with E-state index in [4.69, 9.17) is 34.8 Å². The van der Waals surface area contributed by atoms with Crippen molar-refractivity contribution in [2.45, 2.75) is 0 Å². The third-order valence-corrected chi connectivity index (χ3v) is 4.13. The Hall–Kier alpha value is -2.48. The molecule has 0 spiro atoms. The number of hydrogen-bond acceptors (Lipinski definition) is 5. The van der Waals surface area contributed by atoms with E-state index in [2.05, 4.69) is 15.5 Å². The molecule has 1 aliphatic heterocycles. The molecule has 2 aromatic carbocycles. The van der Waals surface area contributed by atoms with Crippen LogP contribution in [0.5, 0.6) is 0 Å². The largest absolute Gasteiger partial charge is 0.319 e. The van der Waals surface area contributed by atoms with Gasteiger partial charge in [0.25, 0.3) is 11.6 Å². The lowest BCUT2D eigenvalue weighted by Crippen LogP contribution is -2.13. The summed E-state index contributed by atoms with van der Waals surface area (Å²) in [7, 11) is 0. The van der Waals surface area contributed by atoms with Gasteiger partial charge in [-0.1, -0.05) is 40.9 Å². The minimum Gasteiger partial charge on any atom is -0.319 e. The number of amides is 1. The molecule has 0 aliphatic carbocycles. The number of hydrogen-bond donors (Lipinski definition) is 1. The highest BCUT2D eigenvalue weighted by Crippen LogP contribution is 2.34. The molecule has 0 aromatic heterocycles. The number of carbonyl (C=O) groups excluding carboxylic acids is 1. The van der Waals surface area contributed by atoms with E-state index in [1.807, 2.05) is 0 Å². The van der Waals surface area contributed by atoms with Crippen LogP contribution in [0.25, 0.3) is 0 Å². The second kappa shape index (κ2) is 6.79. The van der Waals surface area contributed by atoms with Crippen molar-refractivity contribution in [2.24, 2.45) is 10.2 Å². The van der Waals surface area contributed by atoms with Crippen molar-refractivity contribution in [1.29, 1.82) is 0 Å². The second-order valence-electron chi connectivity index (χ2n) is 4.93. The summed E-state index contributed by atoms with van der Waals surface area (Å²) in [5.74, 6) is -0.474. The standard InChI is InChI=1S/C15H7Cl3N4O3/c16-8-4-9-13(11(18)5-8)20-15(23)14(9)21-19-6-7-1-2-10(17)12(3-7)22(24)25/h1-6H,(H,20,21,23)/b19-6+. The first-order valence-electron chi connectivity index (χ1n) is 6.72. The monoisotopic (exact) mass is 396 g/mol. The Kier molecular flexibility index (Phi) is 4.71. The van der Waals surface area contributed by atoms with Gasteiger partial charge in [-0.2, -0.15) is 5.10 Å². The fourth-order valence-corrected chi connectivity index (χ4v) is 2.91. The number of benzene rings is 2. The van der Waals surface area contributed by atoms with Gasteiger partial charge < -0.3 is 5.32 Å². The maximum absolute atomic E-state index is 12.0. The van der Waals surface area contributed by atoms with Gasteiger partial charge in [-0.15, -0.1) is 5.10 Å². The lowest BCUT2D eigenvalue weighted by atomic mass is 10.1. The van der Waals surface area contributed by atoms with Crippen LogP contribution in [-0.2, 0) is 4.79 Å². The number of rotatable bonds is 3. The molecule has 0 atom stereocenters. The molecule has 1 aliphatic rings. The van der Waals surface area contributed by atoms with E-state index in [1.54, 1.807) is 6.07 Å². The average molecular weight is 398 g/mol. The van der Waals surface area contributed by atoms with Crippen LogP contribution in [0.4, 0.5) is 11.4 Å². The number of fused-ring (bicyclic) bond motifs is 1. The van der Waals surface area contributed by atoms with Crippen LogP contribution in [0.15, 0.2) is 40.5 Å². The predicted octanol–water partition coefficient (Wildman–Crippen LogP) is 4.33. The summed E-state index contributed by atoms with van der Waals surface area (Å²) in [6.45, 7) is 0. The normalized spacial score (nSPS) is 14.8. The molecule has 0 unspecified atom stereocenters. The molecule has 7 nitrogen and oxygen atoms in total. The Morgan fingerprint density at radius 3 is 2.60 bits per heavy atom. The molecule has 126 valence electrons. The molecule has 2 aromatic rings. The van der Waals surface area contributed by atoms with Crippen LogP contribution in [0, 0.1) is 10.1 Å². The molecule has 0 saturated carbocycles. The van der Waals surface area contributed by atoms with E-state index >= 15 is 0 Å². The fraction of sp³-hybridized carbons (Fsp3) is 0. The van der Waals surface area contributed by atoms with Gasteiger partial charge in [0.15, 0.2) is 5.71 Å². The summed E-state index contributed by atoms with van der Waals surface area (Å²) in [5.41, 5.74) is 1.04. The summed E-state index contributed by atoms with van der Waals surface area (Å²) in [6, 6.07) is 7.21. The Labute approximate surface area is 156 Å². The highest BCUT2D eigenvalue weighted by Gasteiger charge is 2.28. The van der Waals surface area contributed by atoms with Crippen molar-refractivity contribution < 1.29 is 9.72 Å². The SMILES string of the molecule is O=C1Nc2c(Cl)cc(Cl)cc2/C1=N/N=C/c1ccc(Cl)c([N+](=O)[O-])c1. The van der Waals surface area contributed by atoms with E-state index in [1.165, 1.54) is 30.5 Å². The number of carbonyl (C=O) groups is 1. The first-order valence-corrected chi connectivity index (χ1v) is 7.86. The van der Waals surface area contributed by atoms with Crippen molar-refractivity contribution in [1.82, 2.24) is 0 Å². The van der Waals surface area contributed by atoms with Crippen LogP contribution >= 0.6 is 34.8 Å². The zero-order valence-corrected chi connectivity index (χ0v) is 14.4. The maximum atomic E-state index is 12.0. The van der Waals surface area contributed by atoms with Crippen LogP contribution in [0.3, 0.4) is 0 Å². The summed E-state index contributed by atoms with van der Waals surface area (Å²) in [6.07, 6.45) is 1.27. The van der Waals surface area contributed by atoms with Crippen molar-refractivity contribution >= 4 is 64.0 Å². The van der Waals surface area contributed by atoms with Gasteiger partial charge in [0.2, 0.25) is 0 Å². The summed E-state index contributed by atoms with van der Waals surface area (Å²) in [4.78, 5) is 22.3. The molecule has 0 bridgehead atoms. The van der Waals surface area contributed by atoms with Gasteiger partial charge in [-0.25, -0.2) is 0 Å². The molecule has 0 saturated heterocycles. The Balaban J connectivity index is 1.93.